The van der Waals surface area contributed by atoms with E-state index in [4.69, 9.17) is 4.74 Å². The number of nitrogens with one attached hydrogen (secondary N) is 1. The Kier molecular flexibility index (Phi) is 6.64. The average molecular weight is 441 g/mol. The third kappa shape index (κ3) is 4.64. The van der Waals surface area contributed by atoms with E-state index in [0.29, 0.717) is 38.9 Å². The van der Waals surface area contributed by atoms with Gasteiger partial charge in [0.05, 0.1) is 31.7 Å². The second kappa shape index (κ2) is 9.79. The number of piperazine rings is 1. The van der Waals surface area contributed by atoms with Gasteiger partial charge in [0.2, 0.25) is 11.8 Å². The molecular weight excluding hydrogens is 404 g/mol. The topological polar surface area (TPSA) is 65.1 Å². The van der Waals surface area contributed by atoms with Crippen LogP contribution >= 0.6 is 0 Å². The van der Waals surface area contributed by atoms with Crippen molar-refractivity contribution in [3.8, 4) is 0 Å². The number of ether oxygens (including phenoxy) is 1. The fourth-order valence-electron chi connectivity index (χ4n) is 5.92. The maximum atomic E-state index is 13.5. The third-order valence-electron chi connectivity index (χ3n) is 7.72. The summed E-state index contributed by atoms with van der Waals surface area (Å²) in [5.41, 5.74) is 2.53. The van der Waals surface area contributed by atoms with Crippen molar-refractivity contribution in [1.82, 2.24) is 15.1 Å². The smallest absolute Gasteiger partial charge is 0.236 e. The highest BCUT2D eigenvalue weighted by Gasteiger charge is 2.42. The van der Waals surface area contributed by atoms with E-state index >= 15 is 0 Å². The molecule has 7 nitrogen and oxygen atoms in total. The van der Waals surface area contributed by atoms with E-state index < -0.39 is 0 Å². The van der Waals surface area contributed by atoms with Crippen LogP contribution in [-0.2, 0) is 20.7 Å². The largest absolute Gasteiger partial charge is 0.378 e. The highest BCUT2D eigenvalue weighted by molar-refractivity contribution is 5.82. The molecule has 3 heterocycles. The van der Waals surface area contributed by atoms with Gasteiger partial charge in [0, 0.05) is 44.5 Å². The van der Waals surface area contributed by atoms with E-state index in [1.165, 1.54) is 30.5 Å². The summed E-state index contributed by atoms with van der Waals surface area (Å²) in [5, 5.41) is 3.39. The van der Waals surface area contributed by atoms with Crippen molar-refractivity contribution < 1.29 is 14.3 Å². The lowest BCUT2D eigenvalue weighted by molar-refractivity contribution is -0.136. The Bertz CT molecular complexity index is 819. The molecule has 1 aliphatic carbocycles. The Morgan fingerprint density at radius 3 is 2.59 bits per heavy atom. The lowest BCUT2D eigenvalue weighted by atomic mass is 9.83. The predicted molar refractivity (Wildman–Crippen MR) is 124 cm³/mol. The standard InChI is InChI=1S/C25H36N4O3/c30-24(28-12-14-32-15-13-28)18-27-10-11-29-22-9-5-4-6-19(22)16-21(23(29)17-27)25(31)26-20-7-2-1-3-8-20/h4-6,9,20-21,23H,1-3,7-8,10-18H2,(H,26,31)/t21-,23+/m1/s1. The van der Waals surface area contributed by atoms with Crippen LogP contribution in [0.1, 0.15) is 37.7 Å². The molecule has 0 bridgehead atoms. The van der Waals surface area contributed by atoms with Gasteiger partial charge in [-0.3, -0.25) is 14.5 Å². The van der Waals surface area contributed by atoms with Gasteiger partial charge in [0.25, 0.3) is 0 Å². The molecule has 0 unspecified atom stereocenters. The number of hydrogen-bond donors (Lipinski definition) is 1. The van der Waals surface area contributed by atoms with Gasteiger partial charge in [0.15, 0.2) is 0 Å². The molecule has 0 radical (unpaired) electrons. The molecule has 4 aliphatic rings. The zero-order valence-electron chi connectivity index (χ0n) is 19.0. The van der Waals surface area contributed by atoms with E-state index in [2.05, 4.69) is 39.4 Å². The van der Waals surface area contributed by atoms with Crippen molar-refractivity contribution in [2.75, 3.05) is 57.4 Å². The number of hydrogen-bond acceptors (Lipinski definition) is 5. The van der Waals surface area contributed by atoms with Crippen LogP contribution in [0, 0.1) is 5.92 Å². The molecule has 3 aliphatic heterocycles. The summed E-state index contributed by atoms with van der Waals surface area (Å²) in [7, 11) is 0. The number of fused-ring (bicyclic) bond motifs is 3. The van der Waals surface area contributed by atoms with E-state index in [1.807, 2.05) is 4.90 Å². The number of rotatable bonds is 4. The molecule has 0 spiro atoms. The molecule has 1 N–H and O–H groups in total. The SMILES string of the molecule is O=C(NC1CCCCC1)[C@@H]1Cc2ccccc2N2CCN(CC(=O)N3CCOCC3)C[C@@H]12. The Balaban J connectivity index is 1.30. The predicted octanol–water partition coefficient (Wildman–Crippen LogP) is 1.66. The zero-order chi connectivity index (χ0) is 21.9. The highest BCUT2D eigenvalue weighted by Crippen LogP contribution is 2.36. The first-order chi connectivity index (χ1) is 15.7. The second-order valence-electron chi connectivity index (χ2n) is 9.77. The number of amides is 2. The molecule has 7 heteroatoms. The van der Waals surface area contributed by atoms with E-state index in [-0.39, 0.29) is 23.8 Å². The molecule has 174 valence electrons. The molecule has 2 saturated heterocycles. The number of morpholine rings is 1. The minimum absolute atomic E-state index is 0.0758. The third-order valence-corrected chi connectivity index (χ3v) is 7.72. The molecule has 0 aromatic heterocycles. The van der Waals surface area contributed by atoms with Crippen LogP contribution in [0.2, 0.25) is 0 Å². The molecule has 2 amide bonds. The second-order valence-corrected chi connectivity index (χ2v) is 9.77. The van der Waals surface area contributed by atoms with Crippen molar-refractivity contribution in [1.29, 1.82) is 0 Å². The first kappa shape index (κ1) is 21.7. The lowest BCUT2D eigenvalue weighted by Gasteiger charge is -2.49. The summed E-state index contributed by atoms with van der Waals surface area (Å²) in [6, 6.07) is 8.95. The Labute approximate surface area is 191 Å². The summed E-state index contributed by atoms with van der Waals surface area (Å²) < 4.78 is 5.39. The Morgan fingerprint density at radius 2 is 1.78 bits per heavy atom. The van der Waals surface area contributed by atoms with E-state index in [0.717, 1.165) is 38.9 Å². The average Bonchev–Trinajstić information content (AvgIpc) is 2.84. The number of carbonyl (C=O) groups is 2. The van der Waals surface area contributed by atoms with Crippen LogP contribution in [0.15, 0.2) is 24.3 Å². The van der Waals surface area contributed by atoms with Crippen molar-refractivity contribution in [2.24, 2.45) is 5.92 Å². The van der Waals surface area contributed by atoms with Crippen LogP contribution in [-0.4, -0.2) is 86.2 Å². The normalized spacial score (nSPS) is 26.9. The summed E-state index contributed by atoms with van der Waals surface area (Å²) in [5.74, 6) is 0.303. The highest BCUT2D eigenvalue weighted by atomic mass is 16.5. The first-order valence-electron chi connectivity index (χ1n) is 12.4. The molecule has 32 heavy (non-hydrogen) atoms. The zero-order valence-corrected chi connectivity index (χ0v) is 19.0. The maximum Gasteiger partial charge on any atom is 0.236 e. The van der Waals surface area contributed by atoms with Crippen LogP contribution in [0.5, 0.6) is 0 Å². The summed E-state index contributed by atoms with van der Waals surface area (Å²) >= 11 is 0. The van der Waals surface area contributed by atoms with E-state index in [9.17, 15) is 9.59 Å². The Hall–Kier alpha value is -2.12. The van der Waals surface area contributed by atoms with Crippen molar-refractivity contribution in [3.63, 3.8) is 0 Å². The molecule has 2 atom stereocenters. The van der Waals surface area contributed by atoms with Gasteiger partial charge >= 0.3 is 0 Å². The fourth-order valence-corrected chi connectivity index (χ4v) is 5.92. The van der Waals surface area contributed by atoms with Crippen LogP contribution in [0.3, 0.4) is 0 Å². The van der Waals surface area contributed by atoms with Gasteiger partial charge < -0.3 is 19.9 Å². The summed E-state index contributed by atoms with van der Waals surface area (Å²) in [6.07, 6.45) is 6.69. The van der Waals surface area contributed by atoms with Crippen molar-refractivity contribution in [3.05, 3.63) is 29.8 Å². The first-order valence-corrected chi connectivity index (χ1v) is 12.4. The maximum absolute atomic E-state index is 13.5. The van der Waals surface area contributed by atoms with Crippen LogP contribution in [0.4, 0.5) is 5.69 Å². The molecule has 5 rings (SSSR count). The van der Waals surface area contributed by atoms with Crippen LogP contribution < -0.4 is 10.2 Å². The Morgan fingerprint density at radius 1 is 1.00 bits per heavy atom. The van der Waals surface area contributed by atoms with Gasteiger partial charge in [-0.2, -0.15) is 0 Å². The molecule has 3 fully saturated rings. The number of carbonyl (C=O) groups excluding carboxylic acids is 2. The molecule has 1 aromatic rings. The van der Waals surface area contributed by atoms with Crippen molar-refractivity contribution in [2.45, 2.75) is 50.6 Å². The minimum atomic E-state index is -0.0758. The van der Waals surface area contributed by atoms with Gasteiger partial charge in [-0.05, 0) is 30.9 Å². The number of benzene rings is 1. The van der Waals surface area contributed by atoms with Gasteiger partial charge in [-0.25, -0.2) is 0 Å². The van der Waals surface area contributed by atoms with Crippen molar-refractivity contribution >= 4 is 17.5 Å². The number of para-hydroxylation sites is 1. The minimum Gasteiger partial charge on any atom is -0.378 e. The summed E-state index contributed by atoms with van der Waals surface area (Å²) in [6.45, 7) is 5.51. The fraction of sp³-hybridized carbons (Fsp3) is 0.680. The quantitative estimate of drug-likeness (QED) is 0.772. The van der Waals surface area contributed by atoms with Gasteiger partial charge in [-0.15, -0.1) is 0 Å². The monoisotopic (exact) mass is 440 g/mol. The lowest BCUT2D eigenvalue weighted by Crippen LogP contribution is -2.62. The van der Waals surface area contributed by atoms with Gasteiger partial charge in [-0.1, -0.05) is 37.5 Å². The van der Waals surface area contributed by atoms with Crippen LogP contribution in [0.25, 0.3) is 0 Å². The molecule has 1 saturated carbocycles. The molecular formula is C25H36N4O3. The number of nitrogens with zero attached hydrogens (tertiary/aromatic N) is 3. The van der Waals surface area contributed by atoms with Gasteiger partial charge in [0.1, 0.15) is 0 Å². The molecule has 1 aromatic carbocycles. The van der Waals surface area contributed by atoms with E-state index in [1.54, 1.807) is 0 Å². The number of anilines is 1. The summed E-state index contributed by atoms with van der Waals surface area (Å²) in [4.78, 5) is 32.9.